The molecule has 0 atom stereocenters. The SMILES string of the molecule is CCO[Si](CCCCCCCCCCCCCCCCCCCCCCC(=O)O)(OCC)OCC. The lowest BCUT2D eigenvalue weighted by molar-refractivity contribution is -0.137. The second-order valence-electron chi connectivity index (χ2n) is 9.95. The van der Waals surface area contributed by atoms with Gasteiger partial charge in [0.25, 0.3) is 0 Å². The minimum Gasteiger partial charge on any atom is -0.481 e. The lowest BCUT2D eigenvalue weighted by atomic mass is 10.0. The molecule has 0 heterocycles. The third-order valence-corrected chi connectivity index (χ3v) is 9.87. The van der Waals surface area contributed by atoms with Crippen LogP contribution in [0.4, 0.5) is 0 Å². The molecule has 0 rings (SSSR count). The topological polar surface area (TPSA) is 65.0 Å². The van der Waals surface area contributed by atoms with Gasteiger partial charge in [0.2, 0.25) is 0 Å². The normalized spacial score (nSPS) is 11.9. The molecule has 0 radical (unpaired) electrons. The van der Waals surface area contributed by atoms with Crippen LogP contribution in [0.2, 0.25) is 6.04 Å². The summed E-state index contributed by atoms with van der Waals surface area (Å²) in [5.74, 6) is -0.657. The highest BCUT2D eigenvalue weighted by molar-refractivity contribution is 6.60. The first kappa shape index (κ1) is 34.6. The number of rotatable bonds is 29. The van der Waals surface area contributed by atoms with Crippen LogP contribution in [-0.4, -0.2) is 39.7 Å². The van der Waals surface area contributed by atoms with Gasteiger partial charge in [-0.2, -0.15) is 0 Å². The molecule has 0 fully saturated rings. The predicted octanol–water partition coefficient (Wildman–Crippen LogP) is 9.31. The molecule has 0 aliphatic heterocycles. The van der Waals surface area contributed by atoms with E-state index >= 15 is 0 Å². The summed E-state index contributed by atoms with van der Waals surface area (Å²) in [5, 5.41) is 8.62. The fraction of sp³-hybridized carbons (Fsp3) is 0.966. The molecule has 0 unspecified atom stereocenters. The van der Waals surface area contributed by atoms with E-state index in [4.69, 9.17) is 18.4 Å². The summed E-state index contributed by atoms with van der Waals surface area (Å²) in [7, 11) is -2.43. The van der Waals surface area contributed by atoms with Crippen molar-refractivity contribution < 1.29 is 23.2 Å². The van der Waals surface area contributed by atoms with Crippen molar-refractivity contribution in [3.05, 3.63) is 0 Å². The van der Waals surface area contributed by atoms with Gasteiger partial charge in [0.15, 0.2) is 0 Å². The van der Waals surface area contributed by atoms with Crippen molar-refractivity contribution in [2.75, 3.05) is 19.8 Å². The molecule has 35 heavy (non-hydrogen) atoms. The van der Waals surface area contributed by atoms with Crippen LogP contribution in [0.25, 0.3) is 0 Å². The van der Waals surface area contributed by atoms with Crippen LogP contribution in [0.15, 0.2) is 0 Å². The third-order valence-electron chi connectivity index (χ3n) is 6.72. The zero-order valence-electron chi connectivity index (χ0n) is 23.8. The van der Waals surface area contributed by atoms with Gasteiger partial charge in [-0.3, -0.25) is 4.79 Å². The summed E-state index contributed by atoms with van der Waals surface area (Å²) in [5.41, 5.74) is 0. The maximum atomic E-state index is 10.5. The average Bonchev–Trinajstić information content (AvgIpc) is 2.82. The van der Waals surface area contributed by atoms with Gasteiger partial charge < -0.3 is 18.4 Å². The molecule has 0 saturated carbocycles. The van der Waals surface area contributed by atoms with Gasteiger partial charge in [-0.15, -0.1) is 0 Å². The Hall–Kier alpha value is -0.433. The van der Waals surface area contributed by atoms with Crippen molar-refractivity contribution in [1.82, 2.24) is 0 Å². The van der Waals surface area contributed by atoms with Crippen LogP contribution in [0.5, 0.6) is 0 Å². The number of hydrogen-bond donors (Lipinski definition) is 1. The average molecular weight is 517 g/mol. The van der Waals surface area contributed by atoms with Gasteiger partial charge in [0.1, 0.15) is 0 Å². The Bertz CT molecular complexity index is 430. The first-order valence-electron chi connectivity index (χ1n) is 15.2. The third kappa shape index (κ3) is 23.7. The summed E-state index contributed by atoms with van der Waals surface area (Å²) in [4.78, 5) is 10.5. The first-order valence-corrected chi connectivity index (χ1v) is 17.2. The van der Waals surface area contributed by atoms with Crippen molar-refractivity contribution in [2.45, 2.75) is 162 Å². The summed E-state index contributed by atoms with van der Waals surface area (Å²) < 4.78 is 17.8. The highest BCUT2D eigenvalue weighted by Gasteiger charge is 2.39. The van der Waals surface area contributed by atoms with Gasteiger partial charge in [-0.1, -0.05) is 116 Å². The molecule has 1 N–H and O–H groups in total. The smallest absolute Gasteiger partial charge is 0.481 e. The number of hydrogen-bond acceptors (Lipinski definition) is 4. The van der Waals surface area contributed by atoms with Crippen LogP contribution >= 0.6 is 0 Å². The maximum absolute atomic E-state index is 10.5. The fourth-order valence-corrected chi connectivity index (χ4v) is 7.49. The first-order chi connectivity index (χ1) is 17.1. The Balaban J connectivity index is 3.34. The van der Waals surface area contributed by atoms with E-state index in [1.165, 1.54) is 109 Å². The Labute approximate surface area is 219 Å². The lowest BCUT2D eigenvalue weighted by Crippen LogP contribution is -2.45. The molecule has 0 bridgehead atoms. The van der Waals surface area contributed by atoms with Gasteiger partial charge in [0, 0.05) is 32.3 Å². The second kappa shape index (κ2) is 26.6. The summed E-state index contributed by atoms with van der Waals surface area (Å²) >= 11 is 0. The van der Waals surface area contributed by atoms with Gasteiger partial charge >= 0.3 is 14.8 Å². The molecular formula is C29H60O5Si. The maximum Gasteiger partial charge on any atom is 0.500 e. The van der Waals surface area contributed by atoms with E-state index in [-0.39, 0.29) is 0 Å². The molecule has 0 saturated heterocycles. The zero-order valence-corrected chi connectivity index (χ0v) is 24.8. The standard InChI is InChI=1S/C29H60O5Si/c1-4-32-35(33-5-2,34-6-3)28-26-24-22-20-18-16-14-12-10-8-7-9-11-13-15-17-19-21-23-25-27-29(30)31/h4-28H2,1-3H3,(H,30,31). The predicted molar refractivity (Wildman–Crippen MR) is 150 cm³/mol. The molecule has 0 aliphatic carbocycles. The molecule has 0 aromatic rings. The van der Waals surface area contributed by atoms with Crippen LogP contribution in [-0.2, 0) is 18.1 Å². The summed E-state index contributed by atoms with van der Waals surface area (Å²) in [6.07, 6.45) is 26.5. The van der Waals surface area contributed by atoms with Crippen molar-refractivity contribution in [3.63, 3.8) is 0 Å². The minimum atomic E-state index is -2.43. The van der Waals surface area contributed by atoms with Crippen molar-refractivity contribution >= 4 is 14.8 Å². The number of carbonyl (C=O) groups is 1. The van der Waals surface area contributed by atoms with Crippen molar-refractivity contribution in [1.29, 1.82) is 0 Å². The van der Waals surface area contributed by atoms with Gasteiger partial charge in [-0.25, -0.2) is 0 Å². The Kier molecular flexibility index (Phi) is 26.3. The van der Waals surface area contributed by atoms with E-state index in [1.54, 1.807) is 0 Å². The number of aliphatic carboxylic acids is 1. The Morgan fingerprint density at radius 2 is 0.743 bits per heavy atom. The Morgan fingerprint density at radius 1 is 0.486 bits per heavy atom. The second-order valence-corrected chi connectivity index (χ2v) is 12.7. The Morgan fingerprint density at radius 3 is 1.00 bits per heavy atom. The highest BCUT2D eigenvalue weighted by Crippen LogP contribution is 2.21. The molecule has 0 aromatic heterocycles. The van der Waals surface area contributed by atoms with Crippen LogP contribution in [0.1, 0.15) is 156 Å². The van der Waals surface area contributed by atoms with E-state index in [0.717, 1.165) is 25.3 Å². The molecule has 6 heteroatoms. The zero-order chi connectivity index (χ0) is 25.9. The van der Waals surface area contributed by atoms with Crippen molar-refractivity contribution in [2.24, 2.45) is 0 Å². The molecule has 0 aliphatic rings. The van der Waals surface area contributed by atoms with E-state index in [9.17, 15) is 4.79 Å². The van der Waals surface area contributed by atoms with Gasteiger partial charge in [-0.05, 0) is 33.6 Å². The monoisotopic (exact) mass is 516 g/mol. The molecule has 0 aromatic carbocycles. The molecule has 210 valence electrons. The van der Waals surface area contributed by atoms with Gasteiger partial charge in [0.05, 0.1) is 0 Å². The van der Waals surface area contributed by atoms with E-state index in [1.807, 2.05) is 20.8 Å². The van der Waals surface area contributed by atoms with E-state index in [0.29, 0.717) is 26.2 Å². The minimum absolute atomic E-state index is 0.336. The molecule has 0 spiro atoms. The highest BCUT2D eigenvalue weighted by atomic mass is 28.4. The molecule has 5 nitrogen and oxygen atoms in total. The van der Waals surface area contributed by atoms with Crippen LogP contribution in [0.3, 0.4) is 0 Å². The summed E-state index contributed by atoms with van der Waals surface area (Å²) in [6.45, 7) is 8.10. The van der Waals surface area contributed by atoms with E-state index in [2.05, 4.69) is 0 Å². The van der Waals surface area contributed by atoms with Crippen molar-refractivity contribution in [3.8, 4) is 0 Å². The molecular weight excluding hydrogens is 456 g/mol. The number of carboxylic acid groups (broad SMARTS) is 1. The lowest BCUT2D eigenvalue weighted by Gasteiger charge is -2.28. The fourth-order valence-electron chi connectivity index (χ4n) is 4.80. The van der Waals surface area contributed by atoms with Crippen LogP contribution < -0.4 is 0 Å². The van der Waals surface area contributed by atoms with E-state index < -0.39 is 14.8 Å². The number of carboxylic acids is 1. The summed E-state index contributed by atoms with van der Waals surface area (Å²) in [6, 6.07) is 0.957. The largest absolute Gasteiger partial charge is 0.500 e. The number of unbranched alkanes of at least 4 members (excludes halogenated alkanes) is 19. The van der Waals surface area contributed by atoms with Crippen LogP contribution in [0, 0.1) is 0 Å². The quantitative estimate of drug-likeness (QED) is 0.0792. The molecule has 0 amide bonds.